The minimum absolute atomic E-state index is 0.197. The fourth-order valence-electron chi connectivity index (χ4n) is 0.653. The Balaban J connectivity index is 3.15. The molecule has 0 saturated heterocycles. The first-order valence-corrected chi connectivity index (χ1v) is 6.97. The van der Waals surface area contributed by atoms with E-state index in [2.05, 4.69) is 0 Å². The predicted molar refractivity (Wildman–Crippen MR) is 61.6 cm³/mol. The van der Waals surface area contributed by atoms with Gasteiger partial charge in [0.2, 0.25) is 0 Å². The van der Waals surface area contributed by atoms with Gasteiger partial charge in [-0.2, -0.15) is 0 Å². The fourth-order valence-corrected chi connectivity index (χ4v) is 2.59. The molecule has 8 heteroatoms. The SMILES string of the molecule is O=C(O)COCCSSCCC(O)C(=O)O. The molecule has 0 amide bonds. The Morgan fingerprint density at radius 1 is 1.19 bits per heavy atom. The lowest BCUT2D eigenvalue weighted by molar-refractivity contribution is -0.146. The molecule has 94 valence electrons. The molecule has 0 radical (unpaired) electrons. The molecule has 0 bridgehead atoms. The second-order valence-electron chi connectivity index (χ2n) is 2.73. The van der Waals surface area contributed by atoms with E-state index in [1.165, 1.54) is 21.6 Å². The Morgan fingerprint density at radius 3 is 2.38 bits per heavy atom. The summed E-state index contributed by atoms with van der Waals surface area (Å²) < 4.78 is 4.78. The summed E-state index contributed by atoms with van der Waals surface area (Å²) in [6.45, 7) is 0.0361. The molecular weight excluding hydrogens is 256 g/mol. The third-order valence-corrected chi connectivity index (χ3v) is 3.78. The van der Waals surface area contributed by atoms with Crippen molar-refractivity contribution in [3.63, 3.8) is 0 Å². The molecule has 0 aliphatic heterocycles. The number of rotatable bonds is 10. The van der Waals surface area contributed by atoms with Crippen LogP contribution >= 0.6 is 21.6 Å². The van der Waals surface area contributed by atoms with Crippen LogP contribution in [0.1, 0.15) is 6.42 Å². The molecule has 1 unspecified atom stereocenters. The first-order chi connectivity index (χ1) is 7.54. The minimum atomic E-state index is -1.31. The van der Waals surface area contributed by atoms with Crippen molar-refractivity contribution in [2.45, 2.75) is 12.5 Å². The van der Waals surface area contributed by atoms with Gasteiger partial charge in [-0.15, -0.1) is 0 Å². The smallest absolute Gasteiger partial charge is 0.332 e. The summed E-state index contributed by atoms with van der Waals surface area (Å²) in [6, 6.07) is 0. The number of carboxylic acid groups (broad SMARTS) is 2. The first kappa shape index (κ1) is 15.6. The molecule has 0 saturated carbocycles. The average Bonchev–Trinajstić information content (AvgIpc) is 2.21. The van der Waals surface area contributed by atoms with Gasteiger partial charge >= 0.3 is 11.9 Å². The highest BCUT2D eigenvalue weighted by molar-refractivity contribution is 8.76. The lowest BCUT2D eigenvalue weighted by atomic mass is 10.3. The molecule has 0 aliphatic carbocycles. The number of hydrogen-bond donors (Lipinski definition) is 3. The molecule has 0 aromatic rings. The number of carbonyl (C=O) groups is 2. The second kappa shape index (κ2) is 9.76. The van der Waals surface area contributed by atoms with E-state index in [-0.39, 0.29) is 13.0 Å². The molecule has 6 nitrogen and oxygen atoms in total. The summed E-state index contributed by atoms with van der Waals surface area (Å²) in [5, 5.41) is 25.5. The first-order valence-electron chi connectivity index (χ1n) is 4.49. The third kappa shape index (κ3) is 10.1. The number of aliphatic hydroxyl groups is 1. The number of hydrogen-bond acceptors (Lipinski definition) is 6. The van der Waals surface area contributed by atoms with Crippen molar-refractivity contribution in [3.05, 3.63) is 0 Å². The van der Waals surface area contributed by atoms with Crippen molar-refractivity contribution in [2.75, 3.05) is 24.7 Å². The van der Waals surface area contributed by atoms with Gasteiger partial charge in [0.15, 0.2) is 6.10 Å². The van der Waals surface area contributed by atoms with E-state index in [0.29, 0.717) is 18.1 Å². The molecule has 0 aromatic carbocycles. The Morgan fingerprint density at radius 2 is 1.81 bits per heavy atom. The van der Waals surface area contributed by atoms with Gasteiger partial charge in [-0.3, -0.25) is 0 Å². The zero-order valence-electron chi connectivity index (χ0n) is 8.50. The molecule has 0 aromatic heterocycles. The van der Waals surface area contributed by atoms with Gasteiger partial charge in [-0.05, 0) is 6.42 Å². The lowest BCUT2D eigenvalue weighted by Crippen LogP contribution is -2.19. The highest BCUT2D eigenvalue weighted by Gasteiger charge is 2.11. The van der Waals surface area contributed by atoms with E-state index in [0.717, 1.165) is 0 Å². The van der Waals surface area contributed by atoms with Crippen molar-refractivity contribution in [3.8, 4) is 0 Å². The fraction of sp³-hybridized carbons (Fsp3) is 0.750. The Bertz CT molecular complexity index is 223. The number of aliphatic hydroxyl groups excluding tert-OH is 1. The van der Waals surface area contributed by atoms with Gasteiger partial charge in [0.05, 0.1) is 6.61 Å². The van der Waals surface area contributed by atoms with E-state index < -0.39 is 18.0 Å². The summed E-state index contributed by atoms with van der Waals surface area (Å²) in [4.78, 5) is 20.3. The largest absolute Gasteiger partial charge is 0.480 e. The van der Waals surface area contributed by atoms with Crippen LogP contribution < -0.4 is 0 Å². The van der Waals surface area contributed by atoms with Crippen molar-refractivity contribution in [1.29, 1.82) is 0 Å². The standard InChI is InChI=1S/C8H14O6S2/c9-6(8(12)13)1-3-15-16-4-2-14-5-7(10)11/h6,9H,1-5H2,(H,10,11)(H,12,13). The van der Waals surface area contributed by atoms with Gasteiger partial charge in [0, 0.05) is 11.5 Å². The molecule has 0 aliphatic rings. The van der Waals surface area contributed by atoms with Crippen molar-refractivity contribution in [2.24, 2.45) is 0 Å². The summed E-state index contributed by atoms with van der Waals surface area (Å²) in [5.41, 5.74) is 0. The van der Waals surface area contributed by atoms with Crippen molar-refractivity contribution >= 4 is 33.5 Å². The van der Waals surface area contributed by atoms with E-state index in [9.17, 15) is 9.59 Å². The Kier molecular flexibility index (Phi) is 9.49. The number of aliphatic carboxylic acids is 2. The normalized spacial score (nSPS) is 12.3. The summed E-state index contributed by atoms with van der Waals surface area (Å²) in [6.07, 6.45) is -1.11. The summed E-state index contributed by atoms with van der Waals surface area (Å²) in [5.74, 6) is -1.06. The average molecular weight is 270 g/mol. The minimum Gasteiger partial charge on any atom is -0.480 e. The van der Waals surface area contributed by atoms with Crippen LogP contribution in [0.3, 0.4) is 0 Å². The molecule has 3 N–H and O–H groups in total. The van der Waals surface area contributed by atoms with Crippen LogP contribution in [0.4, 0.5) is 0 Å². The molecule has 0 spiro atoms. The quantitative estimate of drug-likeness (QED) is 0.385. The van der Waals surface area contributed by atoms with Gasteiger partial charge in [-0.1, -0.05) is 21.6 Å². The van der Waals surface area contributed by atoms with Crippen molar-refractivity contribution in [1.82, 2.24) is 0 Å². The van der Waals surface area contributed by atoms with Crippen LogP contribution in [0.25, 0.3) is 0 Å². The monoisotopic (exact) mass is 270 g/mol. The zero-order chi connectivity index (χ0) is 12.4. The van der Waals surface area contributed by atoms with Gasteiger partial charge in [0.25, 0.3) is 0 Å². The van der Waals surface area contributed by atoms with Gasteiger partial charge in [-0.25, -0.2) is 9.59 Å². The zero-order valence-corrected chi connectivity index (χ0v) is 10.1. The maximum absolute atomic E-state index is 10.2. The van der Waals surface area contributed by atoms with Crippen LogP contribution in [0.15, 0.2) is 0 Å². The number of carboxylic acids is 2. The lowest BCUT2D eigenvalue weighted by Gasteiger charge is -2.04. The highest BCUT2D eigenvalue weighted by atomic mass is 33.1. The maximum Gasteiger partial charge on any atom is 0.332 e. The van der Waals surface area contributed by atoms with Gasteiger partial charge in [0.1, 0.15) is 6.61 Å². The molecule has 0 fully saturated rings. The van der Waals surface area contributed by atoms with E-state index in [1.807, 2.05) is 0 Å². The second-order valence-corrected chi connectivity index (χ2v) is 5.44. The Hall–Kier alpha value is -0.440. The molecule has 0 rings (SSSR count). The predicted octanol–water partition coefficient (Wildman–Crippen LogP) is 0.305. The molecule has 16 heavy (non-hydrogen) atoms. The van der Waals surface area contributed by atoms with Crippen LogP contribution in [-0.4, -0.2) is 58.1 Å². The van der Waals surface area contributed by atoms with Crippen molar-refractivity contribution < 1.29 is 29.6 Å². The van der Waals surface area contributed by atoms with Gasteiger partial charge < -0.3 is 20.1 Å². The summed E-state index contributed by atoms with van der Waals surface area (Å²) in [7, 11) is 2.88. The van der Waals surface area contributed by atoms with Crippen LogP contribution in [0, 0.1) is 0 Å². The molecule has 1 atom stereocenters. The van der Waals surface area contributed by atoms with Crippen LogP contribution in [0.5, 0.6) is 0 Å². The number of ether oxygens (including phenoxy) is 1. The molecule has 0 heterocycles. The highest BCUT2D eigenvalue weighted by Crippen LogP contribution is 2.22. The van der Waals surface area contributed by atoms with E-state index in [1.54, 1.807) is 0 Å². The third-order valence-electron chi connectivity index (χ3n) is 1.38. The topological polar surface area (TPSA) is 104 Å². The maximum atomic E-state index is 10.2. The molecular formula is C8H14O6S2. The Labute approximate surface area is 101 Å². The summed E-state index contributed by atoms with van der Waals surface area (Å²) >= 11 is 0. The van der Waals surface area contributed by atoms with Crippen LogP contribution in [-0.2, 0) is 14.3 Å². The van der Waals surface area contributed by atoms with E-state index in [4.69, 9.17) is 20.1 Å². The van der Waals surface area contributed by atoms with E-state index >= 15 is 0 Å². The van der Waals surface area contributed by atoms with Crippen LogP contribution in [0.2, 0.25) is 0 Å².